The summed E-state index contributed by atoms with van der Waals surface area (Å²) in [5.41, 5.74) is 0.989. The topological polar surface area (TPSA) is 21.3 Å². The van der Waals surface area contributed by atoms with Crippen molar-refractivity contribution in [3.05, 3.63) is 34.6 Å². The highest BCUT2D eigenvalue weighted by molar-refractivity contribution is 6.30. The van der Waals surface area contributed by atoms with Crippen LogP contribution >= 0.6 is 11.6 Å². The molecular weight excluding hydrogens is 229 g/mol. The van der Waals surface area contributed by atoms with Crippen molar-refractivity contribution in [2.75, 3.05) is 19.8 Å². The molecule has 0 atom stereocenters. The Morgan fingerprint density at radius 1 is 1.44 bits per heavy atom. The molecule has 16 heavy (non-hydrogen) atoms. The van der Waals surface area contributed by atoms with E-state index < -0.39 is 0 Å². The minimum absolute atomic E-state index is 0.175. The van der Waals surface area contributed by atoms with Gasteiger partial charge in [0.25, 0.3) is 0 Å². The van der Waals surface area contributed by atoms with Gasteiger partial charge in [-0.25, -0.2) is 4.39 Å². The van der Waals surface area contributed by atoms with Crippen LogP contribution in [0.5, 0.6) is 0 Å². The molecule has 0 aliphatic carbocycles. The fraction of sp³-hybridized carbons (Fsp3) is 0.500. The molecule has 1 aromatic rings. The first-order valence-electron chi connectivity index (χ1n) is 5.46. The zero-order valence-electron chi connectivity index (χ0n) is 9.43. The normalized spacial score (nSPS) is 10.7. The zero-order valence-corrected chi connectivity index (χ0v) is 10.2. The Bertz CT molecular complexity index is 320. The lowest BCUT2D eigenvalue weighted by Gasteiger charge is -2.05. The number of hydrogen-bond donors (Lipinski definition) is 1. The Kier molecular flexibility index (Phi) is 6.38. The molecule has 0 aliphatic heterocycles. The maximum Gasteiger partial charge on any atom is 0.141 e. The summed E-state index contributed by atoms with van der Waals surface area (Å²) in [6, 6.07) is 4.77. The number of rotatable bonds is 7. The van der Waals surface area contributed by atoms with E-state index >= 15 is 0 Å². The van der Waals surface area contributed by atoms with Crippen molar-refractivity contribution < 1.29 is 9.13 Å². The van der Waals surface area contributed by atoms with Gasteiger partial charge in [-0.05, 0) is 37.6 Å². The predicted octanol–water partition coefficient (Wildman–Crippen LogP) is 3.00. The van der Waals surface area contributed by atoms with E-state index in [9.17, 15) is 4.39 Å². The smallest absolute Gasteiger partial charge is 0.141 e. The van der Waals surface area contributed by atoms with Crippen molar-refractivity contribution in [3.63, 3.8) is 0 Å². The molecule has 90 valence electrons. The van der Waals surface area contributed by atoms with E-state index in [1.54, 1.807) is 12.1 Å². The molecule has 0 amide bonds. The molecule has 0 spiro atoms. The van der Waals surface area contributed by atoms with Gasteiger partial charge >= 0.3 is 0 Å². The Morgan fingerprint density at radius 3 is 2.94 bits per heavy atom. The average Bonchev–Trinajstić information content (AvgIpc) is 2.28. The second-order valence-electron chi connectivity index (χ2n) is 3.48. The molecule has 0 aliphatic rings. The van der Waals surface area contributed by atoms with Crippen molar-refractivity contribution in [1.29, 1.82) is 0 Å². The number of halogens is 2. The van der Waals surface area contributed by atoms with E-state index in [1.807, 2.05) is 6.92 Å². The van der Waals surface area contributed by atoms with Gasteiger partial charge in [0.1, 0.15) is 5.82 Å². The molecule has 0 bridgehead atoms. The van der Waals surface area contributed by atoms with Crippen molar-refractivity contribution in [2.45, 2.75) is 19.9 Å². The van der Waals surface area contributed by atoms with Crippen LogP contribution in [0.3, 0.4) is 0 Å². The second-order valence-corrected chi connectivity index (χ2v) is 3.88. The molecule has 0 unspecified atom stereocenters. The summed E-state index contributed by atoms with van der Waals surface area (Å²) >= 11 is 5.67. The Labute approximate surface area is 101 Å². The minimum atomic E-state index is -0.373. The van der Waals surface area contributed by atoms with E-state index in [1.165, 1.54) is 6.07 Å². The van der Waals surface area contributed by atoms with Crippen LogP contribution in [-0.2, 0) is 11.3 Å². The quantitative estimate of drug-likeness (QED) is 0.746. The van der Waals surface area contributed by atoms with Crippen LogP contribution in [-0.4, -0.2) is 19.8 Å². The second kappa shape index (κ2) is 7.60. The van der Waals surface area contributed by atoms with E-state index in [4.69, 9.17) is 16.3 Å². The van der Waals surface area contributed by atoms with Crippen LogP contribution in [0.4, 0.5) is 4.39 Å². The summed E-state index contributed by atoms with van der Waals surface area (Å²) in [7, 11) is 0. The van der Waals surface area contributed by atoms with E-state index in [0.29, 0.717) is 6.54 Å². The zero-order chi connectivity index (χ0) is 11.8. The molecular formula is C12H17ClFNO. The van der Waals surface area contributed by atoms with Crippen molar-refractivity contribution in [3.8, 4) is 0 Å². The average molecular weight is 246 g/mol. The number of hydrogen-bond acceptors (Lipinski definition) is 2. The first kappa shape index (κ1) is 13.4. The van der Waals surface area contributed by atoms with Crippen LogP contribution in [0, 0.1) is 5.82 Å². The van der Waals surface area contributed by atoms with Crippen LogP contribution in [0.1, 0.15) is 18.9 Å². The molecule has 2 nitrogen and oxygen atoms in total. The highest BCUT2D eigenvalue weighted by Gasteiger charge is 2.00. The lowest BCUT2D eigenvalue weighted by atomic mass is 10.2. The van der Waals surface area contributed by atoms with Gasteiger partial charge in [0.05, 0.1) is 5.02 Å². The highest BCUT2D eigenvalue weighted by atomic mass is 35.5. The largest absolute Gasteiger partial charge is 0.382 e. The van der Waals surface area contributed by atoms with Gasteiger partial charge in [0.2, 0.25) is 0 Å². The third kappa shape index (κ3) is 4.92. The standard InChI is InChI=1S/C12H17ClFNO/c1-2-16-7-3-6-15-9-10-4-5-12(14)11(13)8-10/h4-5,8,15H,2-3,6-7,9H2,1H3. The fourth-order valence-electron chi connectivity index (χ4n) is 1.33. The van der Waals surface area contributed by atoms with E-state index in [0.717, 1.165) is 31.7 Å². The van der Waals surface area contributed by atoms with Crippen LogP contribution in [0.2, 0.25) is 5.02 Å². The summed E-state index contributed by atoms with van der Waals surface area (Å²) < 4.78 is 18.1. The van der Waals surface area contributed by atoms with Gasteiger partial charge in [-0.3, -0.25) is 0 Å². The van der Waals surface area contributed by atoms with Crippen molar-refractivity contribution >= 4 is 11.6 Å². The van der Waals surface area contributed by atoms with Crippen LogP contribution in [0.15, 0.2) is 18.2 Å². The number of benzene rings is 1. The van der Waals surface area contributed by atoms with Gasteiger partial charge in [-0.15, -0.1) is 0 Å². The third-order valence-corrected chi connectivity index (χ3v) is 2.45. The number of ether oxygens (including phenoxy) is 1. The van der Waals surface area contributed by atoms with E-state index in [2.05, 4.69) is 5.32 Å². The van der Waals surface area contributed by atoms with Gasteiger partial charge in [-0.2, -0.15) is 0 Å². The summed E-state index contributed by atoms with van der Waals surface area (Å²) in [5, 5.41) is 3.42. The summed E-state index contributed by atoms with van der Waals surface area (Å²) in [4.78, 5) is 0. The first-order chi connectivity index (χ1) is 7.74. The van der Waals surface area contributed by atoms with Crippen LogP contribution < -0.4 is 5.32 Å². The lowest BCUT2D eigenvalue weighted by Crippen LogP contribution is -2.16. The molecule has 0 aromatic heterocycles. The van der Waals surface area contributed by atoms with Gasteiger partial charge in [0, 0.05) is 19.8 Å². The number of nitrogens with one attached hydrogen (secondary N) is 1. The molecule has 1 aromatic carbocycles. The Morgan fingerprint density at radius 2 is 2.25 bits per heavy atom. The molecule has 0 saturated carbocycles. The molecule has 0 fully saturated rings. The Balaban J connectivity index is 2.19. The molecule has 0 saturated heterocycles. The van der Waals surface area contributed by atoms with Crippen molar-refractivity contribution in [2.24, 2.45) is 0 Å². The summed E-state index contributed by atoms with van der Waals surface area (Å²) in [5.74, 6) is -0.373. The lowest BCUT2D eigenvalue weighted by molar-refractivity contribution is 0.144. The molecule has 0 heterocycles. The molecule has 1 N–H and O–H groups in total. The maximum absolute atomic E-state index is 12.9. The summed E-state index contributed by atoms with van der Waals surface area (Å²) in [6.45, 7) is 5.09. The predicted molar refractivity (Wildman–Crippen MR) is 64.2 cm³/mol. The SMILES string of the molecule is CCOCCCNCc1ccc(F)c(Cl)c1. The van der Waals surface area contributed by atoms with Gasteiger partial charge < -0.3 is 10.1 Å². The summed E-state index contributed by atoms with van der Waals surface area (Å²) in [6.07, 6.45) is 0.975. The van der Waals surface area contributed by atoms with Crippen LogP contribution in [0.25, 0.3) is 0 Å². The minimum Gasteiger partial charge on any atom is -0.382 e. The Hall–Kier alpha value is -0.640. The first-order valence-corrected chi connectivity index (χ1v) is 5.84. The van der Waals surface area contributed by atoms with Crippen molar-refractivity contribution in [1.82, 2.24) is 5.32 Å². The highest BCUT2D eigenvalue weighted by Crippen LogP contribution is 2.15. The molecule has 1 rings (SSSR count). The van der Waals surface area contributed by atoms with Gasteiger partial charge in [-0.1, -0.05) is 17.7 Å². The molecule has 4 heteroatoms. The monoisotopic (exact) mass is 245 g/mol. The maximum atomic E-state index is 12.9. The third-order valence-electron chi connectivity index (χ3n) is 2.16. The molecule has 0 radical (unpaired) electrons. The van der Waals surface area contributed by atoms with E-state index in [-0.39, 0.29) is 10.8 Å². The fourth-order valence-corrected chi connectivity index (χ4v) is 1.53. The van der Waals surface area contributed by atoms with Gasteiger partial charge in [0.15, 0.2) is 0 Å².